The van der Waals surface area contributed by atoms with Crippen molar-refractivity contribution in [3.8, 4) is 11.5 Å². The van der Waals surface area contributed by atoms with E-state index < -0.39 is 0 Å². The van der Waals surface area contributed by atoms with Crippen LogP contribution in [0.2, 0.25) is 0 Å². The highest BCUT2D eigenvalue weighted by Gasteiger charge is 2.21. The van der Waals surface area contributed by atoms with Crippen molar-refractivity contribution in [3.63, 3.8) is 0 Å². The molecule has 0 bridgehead atoms. The fourth-order valence-corrected chi connectivity index (χ4v) is 2.91. The summed E-state index contributed by atoms with van der Waals surface area (Å²) in [6, 6.07) is 8.49. The van der Waals surface area contributed by atoms with Gasteiger partial charge in [-0.2, -0.15) is 0 Å². The Bertz CT molecular complexity index is 412. The first kappa shape index (κ1) is 16.1. The Morgan fingerprint density at radius 3 is 2.81 bits per heavy atom. The number of piperidine rings is 1. The van der Waals surface area contributed by atoms with Gasteiger partial charge in [0.2, 0.25) is 0 Å². The second kappa shape index (κ2) is 8.90. The zero-order chi connectivity index (χ0) is 14.9. The second-order valence-electron chi connectivity index (χ2n) is 5.49. The predicted octanol–water partition coefficient (Wildman–Crippen LogP) is 2.54. The highest BCUT2D eigenvalue weighted by molar-refractivity contribution is 5.39. The molecule has 0 spiro atoms. The molecule has 0 amide bonds. The lowest BCUT2D eigenvalue weighted by atomic mass is 10.0. The molecule has 1 unspecified atom stereocenters. The van der Waals surface area contributed by atoms with Crippen LogP contribution in [0.3, 0.4) is 0 Å². The summed E-state index contributed by atoms with van der Waals surface area (Å²) in [7, 11) is 1.68. The molecule has 1 aromatic carbocycles. The largest absolute Gasteiger partial charge is 0.493 e. The molecule has 1 aromatic rings. The number of nitrogens with one attached hydrogen (secondary N) is 1. The summed E-state index contributed by atoms with van der Waals surface area (Å²) < 4.78 is 11.2. The number of likely N-dealkylation sites (N-methyl/N-ethyl adjacent to an activating group) is 1. The van der Waals surface area contributed by atoms with E-state index in [4.69, 9.17) is 9.47 Å². The number of rotatable bonds is 8. The Morgan fingerprint density at radius 2 is 2.05 bits per heavy atom. The molecule has 0 saturated carbocycles. The van der Waals surface area contributed by atoms with Crippen molar-refractivity contribution in [3.05, 3.63) is 24.3 Å². The Morgan fingerprint density at radius 1 is 1.24 bits per heavy atom. The molecule has 21 heavy (non-hydrogen) atoms. The lowest BCUT2D eigenvalue weighted by Crippen LogP contribution is -2.46. The van der Waals surface area contributed by atoms with Gasteiger partial charge in [-0.3, -0.25) is 4.90 Å². The van der Waals surface area contributed by atoms with Crippen LogP contribution in [0.5, 0.6) is 11.5 Å². The van der Waals surface area contributed by atoms with Gasteiger partial charge in [-0.1, -0.05) is 25.5 Å². The first-order valence-corrected chi connectivity index (χ1v) is 8.05. The maximum absolute atomic E-state index is 5.90. The summed E-state index contributed by atoms with van der Waals surface area (Å²) >= 11 is 0. The van der Waals surface area contributed by atoms with E-state index in [9.17, 15) is 0 Å². The summed E-state index contributed by atoms with van der Waals surface area (Å²) in [5.74, 6) is 1.64. The smallest absolute Gasteiger partial charge is 0.161 e. The van der Waals surface area contributed by atoms with Crippen LogP contribution in [-0.4, -0.2) is 50.8 Å². The van der Waals surface area contributed by atoms with Crippen molar-refractivity contribution >= 4 is 0 Å². The molecule has 0 aromatic heterocycles. The van der Waals surface area contributed by atoms with E-state index in [0.717, 1.165) is 31.1 Å². The lowest BCUT2D eigenvalue weighted by molar-refractivity contribution is 0.121. The van der Waals surface area contributed by atoms with Gasteiger partial charge in [0, 0.05) is 19.1 Å². The topological polar surface area (TPSA) is 33.7 Å². The van der Waals surface area contributed by atoms with Crippen LogP contribution in [0.25, 0.3) is 0 Å². The third-order valence-corrected chi connectivity index (χ3v) is 4.08. The molecule has 1 heterocycles. The highest BCUT2D eigenvalue weighted by Crippen LogP contribution is 2.25. The molecule has 1 N–H and O–H groups in total. The second-order valence-corrected chi connectivity index (χ2v) is 5.49. The molecule has 4 nitrogen and oxygen atoms in total. The summed E-state index contributed by atoms with van der Waals surface area (Å²) in [5, 5.41) is 3.47. The van der Waals surface area contributed by atoms with E-state index in [1.54, 1.807) is 7.11 Å². The minimum Gasteiger partial charge on any atom is -0.493 e. The highest BCUT2D eigenvalue weighted by atomic mass is 16.5. The van der Waals surface area contributed by atoms with Gasteiger partial charge in [0.1, 0.15) is 6.61 Å². The van der Waals surface area contributed by atoms with Gasteiger partial charge >= 0.3 is 0 Å². The minimum absolute atomic E-state index is 0.653. The van der Waals surface area contributed by atoms with E-state index in [0.29, 0.717) is 12.6 Å². The molecule has 1 aliphatic heterocycles. The summed E-state index contributed by atoms with van der Waals surface area (Å²) in [6.45, 7) is 7.17. The van der Waals surface area contributed by atoms with Gasteiger partial charge in [-0.15, -0.1) is 0 Å². The SMILES string of the molecule is CCNCC1CCCCN1CCOc1ccccc1OC. The fourth-order valence-electron chi connectivity index (χ4n) is 2.91. The third-order valence-electron chi connectivity index (χ3n) is 4.08. The molecular formula is C17H28N2O2. The quantitative estimate of drug-likeness (QED) is 0.798. The molecular weight excluding hydrogens is 264 g/mol. The average Bonchev–Trinajstić information content (AvgIpc) is 2.54. The first-order valence-electron chi connectivity index (χ1n) is 8.05. The number of hydrogen-bond acceptors (Lipinski definition) is 4. The van der Waals surface area contributed by atoms with Gasteiger partial charge in [0.15, 0.2) is 11.5 Å². The van der Waals surface area contributed by atoms with Gasteiger partial charge < -0.3 is 14.8 Å². The monoisotopic (exact) mass is 292 g/mol. The lowest BCUT2D eigenvalue weighted by Gasteiger charge is -2.35. The molecule has 0 radical (unpaired) electrons. The number of para-hydroxylation sites is 2. The number of benzene rings is 1. The maximum atomic E-state index is 5.90. The Labute approximate surface area is 128 Å². The zero-order valence-corrected chi connectivity index (χ0v) is 13.3. The summed E-state index contributed by atoms with van der Waals surface area (Å²) in [5.41, 5.74) is 0. The van der Waals surface area contributed by atoms with Gasteiger partial charge in [-0.05, 0) is 38.1 Å². The van der Waals surface area contributed by atoms with Gasteiger partial charge in [-0.25, -0.2) is 0 Å². The van der Waals surface area contributed by atoms with E-state index in [2.05, 4.69) is 17.1 Å². The summed E-state index contributed by atoms with van der Waals surface area (Å²) in [4.78, 5) is 2.56. The normalized spacial score (nSPS) is 19.4. The number of likely N-dealkylation sites (tertiary alicyclic amines) is 1. The van der Waals surface area contributed by atoms with Gasteiger partial charge in [0.05, 0.1) is 7.11 Å². The number of ether oxygens (including phenoxy) is 2. The number of methoxy groups -OCH3 is 1. The van der Waals surface area contributed by atoms with Crippen LogP contribution >= 0.6 is 0 Å². The first-order chi connectivity index (χ1) is 10.3. The van der Waals surface area contributed by atoms with Crippen molar-refractivity contribution in [1.29, 1.82) is 0 Å². The van der Waals surface area contributed by atoms with Crippen molar-refractivity contribution < 1.29 is 9.47 Å². The molecule has 2 rings (SSSR count). The fraction of sp³-hybridized carbons (Fsp3) is 0.647. The zero-order valence-electron chi connectivity index (χ0n) is 13.3. The summed E-state index contributed by atoms with van der Waals surface area (Å²) in [6.07, 6.45) is 3.94. The molecule has 0 aliphatic carbocycles. The Hall–Kier alpha value is -1.26. The average molecular weight is 292 g/mol. The van der Waals surface area contributed by atoms with Crippen molar-refractivity contribution in [2.45, 2.75) is 32.2 Å². The Balaban J connectivity index is 1.80. The van der Waals surface area contributed by atoms with Crippen LogP contribution in [0.1, 0.15) is 26.2 Å². The van der Waals surface area contributed by atoms with Crippen LogP contribution < -0.4 is 14.8 Å². The van der Waals surface area contributed by atoms with Crippen LogP contribution in [0.15, 0.2) is 24.3 Å². The van der Waals surface area contributed by atoms with Crippen molar-refractivity contribution in [2.75, 3.05) is 39.9 Å². The molecule has 1 aliphatic rings. The van der Waals surface area contributed by atoms with Crippen LogP contribution in [-0.2, 0) is 0 Å². The van der Waals surface area contributed by atoms with Crippen LogP contribution in [0, 0.1) is 0 Å². The van der Waals surface area contributed by atoms with E-state index in [-0.39, 0.29) is 0 Å². The van der Waals surface area contributed by atoms with Gasteiger partial charge in [0.25, 0.3) is 0 Å². The van der Waals surface area contributed by atoms with E-state index in [1.807, 2.05) is 24.3 Å². The molecule has 1 atom stereocenters. The molecule has 4 heteroatoms. The molecule has 1 fully saturated rings. The molecule has 1 saturated heterocycles. The standard InChI is InChI=1S/C17H28N2O2/c1-3-18-14-15-8-6-7-11-19(15)12-13-21-17-10-5-4-9-16(17)20-2/h4-5,9-10,15,18H,3,6-8,11-14H2,1-2H3. The minimum atomic E-state index is 0.653. The number of hydrogen-bond donors (Lipinski definition) is 1. The number of nitrogens with zero attached hydrogens (tertiary/aromatic N) is 1. The van der Waals surface area contributed by atoms with Crippen LogP contribution in [0.4, 0.5) is 0 Å². The van der Waals surface area contributed by atoms with Crippen molar-refractivity contribution in [2.24, 2.45) is 0 Å². The molecule has 118 valence electrons. The maximum Gasteiger partial charge on any atom is 0.161 e. The van der Waals surface area contributed by atoms with E-state index >= 15 is 0 Å². The predicted molar refractivity (Wildman–Crippen MR) is 86.2 cm³/mol. The van der Waals surface area contributed by atoms with Crippen molar-refractivity contribution in [1.82, 2.24) is 10.2 Å². The van der Waals surface area contributed by atoms with E-state index in [1.165, 1.54) is 25.8 Å². The third kappa shape index (κ3) is 4.90. The Kier molecular flexibility index (Phi) is 6.83.